The van der Waals surface area contributed by atoms with Crippen molar-refractivity contribution >= 4 is 10.0 Å². The van der Waals surface area contributed by atoms with Gasteiger partial charge in [0.1, 0.15) is 0 Å². The number of rotatable bonds is 1. The molecule has 2 saturated heterocycles. The van der Waals surface area contributed by atoms with Gasteiger partial charge in [-0.2, -0.15) is 4.31 Å². The highest BCUT2D eigenvalue weighted by atomic mass is 32.2. The van der Waals surface area contributed by atoms with Crippen LogP contribution in [0.25, 0.3) is 0 Å². The van der Waals surface area contributed by atoms with Gasteiger partial charge in [0.15, 0.2) is 0 Å². The van der Waals surface area contributed by atoms with Crippen LogP contribution in [0.15, 0.2) is 0 Å². The predicted octanol–water partition coefficient (Wildman–Crippen LogP) is 0.941. The molecular weight excluding hydrogens is 224 g/mol. The van der Waals surface area contributed by atoms with Crippen molar-refractivity contribution in [3.05, 3.63) is 0 Å². The molecule has 0 aliphatic carbocycles. The average Bonchev–Trinajstić information content (AvgIpc) is 2.19. The van der Waals surface area contributed by atoms with Gasteiger partial charge in [-0.1, -0.05) is 0 Å². The van der Waals surface area contributed by atoms with Gasteiger partial charge in [-0.15, -0.1) is 0 Å². The van der Waals surface area contributed by atoms with E-state index in [2.05, 4.69) is 19.2 Å². The summed E-state index contributed by atoms with van der Waals surface area (Å²) in [7, 11) is -2.98. The van der Waals surface area contributed by atoms with E-state index in [0.29, 0.717) is 18.3 Å². The van der Waals surface area contributed by atoms with E-state index < -0.39 is 10.0 Å². The van der Waals surface area contributed by atoms with E-state index in [1.165, 1.54) is 0 Å². The van der Waals surface area contributed by atoms with Crippen molar-refractivity contribution in [2.45, 2.75) is 57.7 Å². The third-order valence-corrected chi connectivity index (χ3v) is 5.75. The highest BCUT2D eigenvalue weighted by Crippen LogP contribution is 2.25. The van der Waals surface area contributed by atoms with E-state index in [-0.39, 0.29) is 12.1 Å². The Bertz CT molecular complexity index is 342. The van der Waals surface area contributed by atoms with Gasteiger partial charge in [0.05, 0.1) is 5.75 Å². The van der Waals surface area contributed by atoms with E-state index >= 15 is 0 Å². The van der Waals surface area contributed by atoms with Crippen LogP contribution in [0.5, 0.6) is 0 Å². The number of hydrogen-bond donors (Lipinski definition) is 1. The van der Waals surface area contributed by atoms with E-state index in [1.807, 2.05) is 0 Å². The molecule has 0 bridgehead atoms. The lowest BCUT2D eigenvalue weighted by atomic mass is 9.95. The van der Waals surface area contributed by atoms with E-state index in [1.54, 1.807) is 4.31 Å². The molecule has 1 N–H and O–H groups in total. The summed E-state index contributed by atoms with van der Waals surface area (Å²) in [5.41, 5.74) is 0. The Kier molecular flexibility index (Phi) is 3.56. The molecule has 16 heavy (non-hydrogen) atoms. The first kappa shape index (κ1) is 12.3. The molecule has 0 amide bonds. The summed E-state index contributed by atoms with van der Waals surface area (Å²) in [5.74, 6) is 0.339. The van der Waals surface area contributed by atoms with Crippen LogP contribution < -0.4 is 5.32 Å². The van der Waals surface area contributed by atoms with Crippen LogP contribution in [0.4, 0.5) is 0 Å². The molecule has 0 saturated carbocycles. The number of hydrogen-bond acceptors (Lipinski definition) is 3. The molecule has 0 aromatic rings. The summed E-state index contributed by atoms with van der Waals surface area (Å²) >= 11 is 0. The number of piperidine rings is 1. The normalized spacial score (nSPS) is 40.8. The second kappa shape index (κ2) is 4.63. The van der Waals surface area contributed by atoms with Gasteiger partial charge < -0.3 is 5.32 Å². The smallest absolute Gasteiger partial charge is 0.214 e. The number of nitrogens with one attached hydrogen (secondary N) is 1. The monoisotopic (exact) mass is 246 g/mol. The van der Waals surface area contributed by atoms with Gasteiger partial charge >= 0.3 is 0 Å². The quantitative estimate of drug-likeness (QED) is 0.749. The third kappa shape index (κ3) is 2.41. The molecule has 3 atom stereocenters. The molecule has 0 spiro atoms. The minimum Gasteiger partial charge on any atom is -0.310 e. The first-order valence-electron chi connectivity index (χ1n) is 6.26. The molecule has 2 aliphatic heterocycles. The largest absolute Gasteiger partial charge is 0.310 e. The van der Waals surface area contributed by atoms with E-state index in [4.69, 9.17) is 0 Å². The molecule has 4 nitrogen and oxygen atoms in total. The topological polar surface area (TPSA) is 49.4 Å². The minimum atomic E-state index is -2.98. The molecular formula is C11H22N2O2S. The van der Waals surface area contributed by atoms with Gasteiger partial charge in [0, 0.05) is 24.7 Å². The number of sulfonamides is 1. The van der Waals surface area contributed by atoms with Crippen LogP contribution in [-0.2, 0) is 10.0 Å². The maximum atomic E-state index is 12.0. The minimum absolute atomic E-state index is 0.168. The summed E-state index contributed by atoms with van der Waals surface area (Å²) in [4.78, 5) is 0. The van der Waals surface area contributed by atoms with Gasteiger partial charge in [-0.05, 0) is 39.5 Å². The Morgan fingerprint density at radius 2 is 1.94 bits per heavy atom. The maximum Gasteiger partial charge on any atom is 0.214 e. The summed E-state index contributed by atoms with van der Waals surface area (Å²) in [6.07, 6.45) is 3.90. The molecule has 3 unspecified atom stereocenters. The molecule has 2 fully saturated rings. The summed E-state index contributed by atoms with van der Waals surface area (Å²) in [6.45, 7) is 4.98. The Labute approximate surface area is 98.4 Å². The van der Waals surface area contributed by atoms with Crippen molar-refractivity contribution in [1.29, 1.82) is 0 Å². The second-order valence-corrected chi connectivity index (χ2v) is 7.18. The van der Waals surface area contributed by atoms with Crippen molar-refractivity contribution in [3.8, 4) is 0 Å². The summed E-state index contributed by atoms with van der Waals surface area (Å²) in [6, 6.07) is 0.955. The van der Waals surface area contributed by atoms with Gasteiger partial charge in [0.25, 0.3) is 0 Å². The Balaban J connectivity index is 2.11. The summed E-state index contributed by atoms with van der Waals surface area (Å²) < 4.78 is 25.8. The van der Waals surface area contributed by atoms with Crippen molar-refractivity contribution in [2.75, 3.05) is 12.3 Å². The Morgan fingerprint density at radius 1 is 1.19 bits per heavy atom. The van der Waals surface area contributed by atoms with Crippen molar-refractivity contribution in [1.82, 2.24) is 9.62 Å². The Hall–Kier alpha value is -0.130. The maximum absolute atomic E-state index is 12.0. The highest BCUT2D eigenvalue weighted by molar-refractivity contribution is 7.89. The van der Waals surface area contributed by atoms with Crippen LogP contribution in [0.1, 0.15) is 39.5 Å². The average molecular weight is 246 g/mol. The fourth-order valence-electron chi connectivity index (χ4n) is 2.89. The molecule has 0 aromatic heterocycles. The van der Waals surface area contributed by atoms with Crippen molar-refractivity contribution in [3.63, 3.8) is 0 Å². The molecule has 2 aliphatic rings. The SMILES string of the molecule is CC1CCC(N2CCCCS2(=O)=O)C(C)N1. The van der Waals surface area contributed by atoms with Crippen LogP contribution in [-0.4, -0.2) is 43.1 Å². The van der Waals surface area contributed by atoms with E-state index in [9.17, 15) is 8.42 Å². The predicted molar refractivity (Wildman–Crippen MR) is 64.8 cm³/mol. The molecule has 94 valence electrons. The van der Waals surface area contributed by atoms with Gasteiger partial charge in [0.2, 0.25) is 10.0 Å². The first-order valence-corrected chi connectivity index (χ1v) is 7.87. The van der Waals surface area contributed by atoms with Crippen LogP contribution >= 0.6 is 0 Å². The van der Waals surface area contributed by atoms with Gasteiger partial charge in [-0.3, -0.25) is 0 Å². The lowest BCUT2D eigenvalue weighted by Crippen LogP contribution is -2.57. The lowest BCUT2D eigenvalue weighted by molar-refractivity contribution is 0.188. The molecule has 0 radical (unpaired) electrons. The zero-order chi connectivity index (χ0) is 11.8. The molecule has 2 heterocycles. The second-order valence-electron chi connectivity index (χ2n) is 5.13. The standard InChI is InChI=1S/C11H22N2O2S/c1-9-5-6-11(10(2)12-9)13-7-3-4-8-16(13,14)15/h9-12H,3-8H2,1-2H3. The fourth-order valence-corrected chi connectivity index (χ4v) is 4.80. The highest BCUT2D eigenvalue weighted by Gasteiger charge is 2.37. The van der Waals surface area contributed by atoms with Crippen molar-refractivity contribution in [2.24, 2.45) is 0 Å². The zero-order valence-electron chi connectivity index (χ0n) is 10.1. The molecule has 5 heteroatoms. The fraction of sp³-hybridized carbons (Fsp3) is 1.00. The summed E-state index contributed by atoms with van der Waals surface area (Å²) in [5, 5.41) is 3.46. The van der Waals surface area contributed by atoms with Crippen LogP contribution in [0.3, 0.4) is 0 Å². The van der Waals surface area contributed by atoms with Crippen molar-refractivity contribution < 1.29 is 8.42 Å². The Morgan fingerprint density at radius 3 is 2.56 bits per heavy atom. The third-order valence-electron chi connectivity index (χ3n) is 3.78. The van der Waals surface area contributed by atoms with Crippen LogP contribution in [0.2, 0.25) is 0 Å². The molecule has 0 aromatic carbocycles. The van der Waals surface area contributed by atoms with E-state index in [0.717, 1.165) is 25.7 Å². The van der Waals surface area contributed by atoms with Crippen LogP contribution in [0, 0.1) is 0 Å². The van der Waals surface area contributed by atoms with Gasteiger partial charge in [-0.25, -0.2) is 8.42 Å². The number of nitrogens with zero attached hydrogens (tertiary/aromatic N) is 1. The lowest BCUT2D eigenvalue weighted by Gasteiger charge is -2.41. The zero-order valence-corrected chi connectivity index (χ0v) is 11.0. The first-order chi connectivity index (χ1) is 7.50. The molecule has 2 rings (SSSR count).